The van der Waals surface area contributed by atoms with Crippen molar-refractivity contribution in [2.45, 2.75) is 38.8 Å². The summed E-state index contributed by atoms with van der Waals surface area (Å²) in [4.78, 5) is 24.0. The molecule has 0 radical (unpaired) electrons. The number of ether oxygens (including phenoxy) is 2. The summed E-state index contributed by atoms with van der Waals surface area (Å²) in [6.45, 7) is 3.44. The number of carbonyl (C=O) groups excluding carboxylic acids is 2. The first-order valence-corrected chi connectivity index (χ1v) is 8.98. The fraction of sp³-hybridized carbons (Fsp3) is 0.643. The Morgan fingerprint density at radius 1 is 1.32 bits per heavy atom. The van der Waals surface area contributed by atoms with Gasteiger partial charge in [-0.1, -0.05) is 13.3 Å². The molecule has 11 heteroatoms. The standard InChI is InChI=1S/C14H23N3O7S/c1-5-6-7-15-8-9-16(11-15)14(2,12(18)23-3)10-17(13(19)24-4)25(20,21)22/h8-9,11H,5-7,10H2,1-4H3/p+1/t14-/m0/s1. The molecule has 1 aromatic heterocycles. The summed E-state index contributed by atoms with van der Waals surface area (Å²) < 4.78 is 44.8. The van der Waals surface area contributed by atoms with E-state index in [0.29, 0.717) is 6.54 Å². The molecule has 1 N–H and O–H groups in total. The molecule has 0 saturated carbocycles. The average Bonchev–Trinajstić information content (AvgIpc) is 3.04. The minimum atomic E-state index is -4.94. The number of carbonyl (C=O) groups is 2. The van der Waals surface area contributed by atoms with E-state index in [4.69, 9.17) is 4.74 Å². The molecule has 0 aliphatic rings. The van der Waals surface area contributed by atoms with Crippen LogP contribution in [0.15, 0.2) is 18.7 Å². The lowest BCUT2D eigenvalue weighted by atomic mass is 10.0. The Bertz CT molecular complexity index is 716. The number of hydrogen-bond donors (Lipinski definition) is 1. The smallest absolute Gasteiger partial charge is 0.425 e. The lowest BCUT2D eigenvalue weighted by molar-refractivity contribution is -0.697. The maximum atomic E-state index is 12.3. The molecule has 1 heterocycles. The van der Waals surface area contributed by atoms with Crippen molar-refractivity contribution in [3.63, 3.8) is 0 Å². The van der Waals surface area contributed by atoms with Crippen LogP contribution in [0.3, 0.4) is 0 Å². The second-order valence-corrected chi connectivity index (χ2v) is 6.97. The van der Waals surface area contributed by atoms with Gasteiger partial charge in [0.25, 0.3) is 0 Å². The van der Waals surface area contributed by atoms with Crippen molar-refractivity contribution in [3.05, 3.63) is 18.7 Å². The quantitative estimate of drug-likeness (QED) is 0.393. The Morgan fingerprint density at radius 2 is 1.96 bits per heavy atom. The highest BCUT2D eigenvalue weighted by atomic mass is 32.2. The molecular weight excluding hydrogens is 354 g/mol. The summed E-state index contributed by atoms with van der Waals surface area (Å²) in [7, 11) is -2.83. The lowest BCUT2D eigenvalue weighted by Crippen LogP contribution is -2.52. The summed E-state index contributed by atoms with van der Waals surface area (Å²) in [5.74, 6) is -0.789. The van der Waals surface area contributed by atoms with Crippen molar-refractivity contribution >= 4 is 22.4 Å². The van der Waals surface area contributed by atoms with Crippen molar-refractivity contribution in [2.24, 2.45) is 0 Å². The molecule has 142 valence electrons. The largest absolute Gasteiger partial charge is 0.466 e. The summed E-state index contributed by atoms with van der Waals surface area (Å²) in [5, 5.41) is 0. The van der Waals surface area contributed by atoms with Gasteiger partial charge in [0.15, 0.2) is 0 Å². The monoisotopic (exact) mass is 378 g/mol. The second kappa shape index (κ2) is 8.30. The maximum Gasteiger partial charge on any atom is 0.425 e. The second-order valence-electron chi connectivity index (χ2n) is 5.63. The topological polar surface area (TPSA) is 119 Å². The maximum absolute atomic E-state index is 12.3. The predicted molar refractivity (Wildman–Crippen MR) is 85.9 cm³/mol. The molecule has 0 aliphatic heterocycles. The van der Waals surface area contributed by atoms with Crippen molar-refractivity contribution in [1.82, 2.24) is 8.87 Å². The van der Waals surface area contributed by atoms with E-state index in [2.05, 4.69) is 4.74 Å². The van der Waals surface area contributed by atoms with Crippen molar-refractivity contribution in [1.29, 1.82) is 0 Å². The predicted octanol–water partition coefficient (Wildman–Crippen LogP) is 0.335. The summed E-state index contributed by atoms with van der Waals surface area (Å²) >= 11 is 0. The average molecular weight is 378 g/mol. The fourth-order valence-corrected chi connectivity index (χ4v) is 2.93. The van der Waals surface area contributed by atoms with E-state index in [-0.39, 0.29) is 4.31 Å². The van der Waals surface area contributed by atoms with Crippen LogP contribution in [-0.4, -0.2) is 54.7 Å². The van der Waals surface area contributed by atoms with E-state index in [9.17, 15) is 22.6 Å². The van der Waals surface area contributed by atoms with Crippen LogP contribution in [0.25, 0.3) is 0 Å². The third kappa shape index (κ3) is 4.92. The van der Waals surface area contributed by atoms with Gasteiger partial charge in [-0.2, -0.15) is 12.7 Å². The molecule has 1 atom stereocenters. The molecule has 1 rings (SSSR count). The Balaban J connectivity index is 3.28. The summed E-state index contributed by atoms with van der Waals surface area (Å²) in [5.41, 5.74) is -1.60. The van der Waals surface area contributed by atoms with Crippen LogP contribution in [0.1, 0.15) is 26.7 Å². The number of aromatic nitrogens is 2. The van der Waals surface area contributed by atoms with E-state index in [1.165, 1.54) is 11.5 Å². The van der Waals surface area contributed by atoms with Crippen LogP contribution in [-0.2, 0) is 36.7 Å². The molecule has 1 amide bonds. The Morgan fingerprint density at radius 3 is 2.44 bits per heavy atom. The first-order chi connectivity index (χ1) is 11.6. The van der Waals surface area contributed by atoms with Crippen LogP contribution in [0.5, 0.6) is 0 Å². The van der Waals surface area contributed by atoms with Gasteiger partial charge in [0, 0.05) is 0 Å². The number of rotatable bonds is 8. The Hall–Kier alpha value is -2.14. The first kappa shape index (κ1) is 20.9. The molecule has 0 aromatic carbocycles. The number of aryl methyl sites for hydroxylation is 1. The molecule has 25 heavy (non-hydrogen) atoms. The number of esters is 1. The summed E-state index contributed by atoms with van der Waals surface area (Å²) in [6, 6.07) is 0. The van der Waals surface area contributed by atoms with Gasteiger partial charge in [0.05, 0.1) is 27.3 Å². The highest BCUT2D eigenvalue weighted by molar-refractivity contribution is 7.83. The van der Waals surface area contributed by atoms with Gasteiger partial charge in [-0.15, -0.1) is 0 Å². The lowest BCUT2D eigenvalue weighted by Gasteiger charge is -2.28. The highest BCUT2D eigenvalue weighted by Crippen LogP contribution is 2.21. The highest BCUT2D eigenvalue weighted by Gasteiger charge is 2.47. The first-order valence-electron chi connectivity index (χ1n) is 7.59. The molecule has 10 nitrogen and oxygen atoms in total. The molecular formula is C14H24N3O7S+. The zero-order valence-electron chi connectivity index (χ0n) is 14.7. The van der Waals surface area contributed by atoms with Crippen molar-refractivity contribution in [3.8, 4) is 0 Å². The third-order valence-corrected chi connectivity index (χ3v) is 4.60. The molecule has 1 aromatic rings. The Kier molecular flexibility index (Phi) is 6.94. The summed E-state index contributed by atoms with van der Waals surface area (Å²) in [6.07, 6.45) is 5.46. The normalized spacial score (nSPS) is 13.8. The van der Waals surface area contributed by atoms with Gasteiger partial charge in [-0.05, 0) is 13.3 Å². The Labute approximate surface area is 146 Å². The van der Waals surface area contributed by atoms with Gasteiger partial charge in [-0.25, -0.2) is 18.7 Å². The minimum absolute atomic E-state index is 0.0697. The van der Waals surface area contributed by atoms with Gasteiger partial charge >= 0.3 is 22.4 Å². The van der Waals surface area contributed by atoms with Gasteiger partial charge in [0.2, 0.25) is 11.9 Å². The van der Waals surface area contributed by atoms with E-state index in [1.807, 2.05) is 11.5 Å². The third-order valence-electron chi connectivity index (χ3n) is 3.76. The van der Waals surface area contributed by atoms with Crippen molar-refractivity contribution in [2.75, 3.05) is 20.8 Å². The number of hydrogen-bond acceptors (Lipinski definition) is 6. The van der Waals surface area contributed by atoms with Gasteiger partial charge in [-0.3, -0.25) is 4.55 Å². The van der Waals surface area contributed by atoms with Crippen LogP contribution in [0, 0.1) is 0 Å². The fourth-order valence-electron chi connectivity index (χ4n) is 2.25. The van der Waals surface area contributed by atoms with Crippen LogP contribution >= 0.6 is 0 Å². The number of methoxy groups -OCH3 is 2. The molecule has 0 saturated heterocycles. The van der Waals surface area contributed by atoms with Crippen molar-refractivity contribution < 1.29 is 36.6 Å². The number of nitrogens with zero attached hydrogens (tertiary/aromatic N) is 3. The zero-order chi connectivity index (χ0) is 19.3. The van der Waals surface area contributed by atoms with Gasteiger partial charge in [0.1, 0.15) is 12.4 Å². The van der Waals surface area contributed by atoms with Crippen LogP contribution in [0.2, 0.25) is 0 Å². The zero-order valence-corrected chi connectivity index (χ0v) is 15.5. The minimum Gasteiger partial charge on any atom is -0.466 e. The number of amides is 1. The van der Waals surface area contributed by atoms with E-state index < -0.39 is 34.5 Å². The van der Waals surface area contributed by atoms with E-state index in [0.717, 1.165) is 27.1 Å². The number of imidazole rings is 1. The molecule has 0 unspecified atom stereocenters. The molecule has 0 bridgehead atoms. The van der Waals surface area contributed by atoms with E-state index >= 15 is 0 Å². The molecule has 0 spiro atoms. The van der Waals surface area contributed by atoms with Gasteiger partial charge < -0.3 is 9.47 Å². The number of unbranched alkanes of at least 4 members (excludes halogenated alkanes) is 1. The molecule has 0 fully saturated rings. The molecule has 0 aliphatic carbocycles. The van der Waals surface area contributed by atoms with Crippen LogP contribution < -0.4 is 4.57 Å². The van der Waals surface area contributed by atoms with E-state index in [1.54, 1.807) is 18.7 Å². The van der Waals surface area contributed by atoms with Crippen LogP contribution in [0.4, 0.5) is 4.79 Å². The SMILES string of the molecule is CCCC[n+]1ccn([C@@](C)(CN(C(=O)OC)S(=O)(=O)O)C(=O)OC)c1.